The van der Waals surface area contributed by atoms with Crippen molar-refractivity contribution >= 4 is 23.5 Å². The van der Waals surface area contributed by atoms with Crippen molar-refractivity contribution in [3.63, 3.8) is 0 Å². The van der Waals surface area contributed by atoms with Crippen LogP contribution in [-0.2, 0) is 9.59 Å². The summed E-state index contributed by atoms with van der Waals surface area (Å²) in [5.74, 6) is -0.129. The molecular formula is C27H33N3O3. The molecule has 4 amide bonds. The molecule has 174 valence electrons. The molecule has 6 heteroatoms. The van der Waals surface area contributed by atoms with E-state index >= 15 is 0 Å². The Bertz CT molecular complexity index is 1040. The summed E-state index contributed by atoms with van der Waals surface area (Å²) in [6.45, 7) is 6.45. The van der Waals surface area contributed by atoms with Crippen LogP contribution in [0.3, 0.4) is 0 Å². The Morgan fingerprint density at radius 3 is 2.36 bits per heavy atom. The molecule has 1 spiro atoms. The van der Waals surface area contributed by atoms with Crippen LogP contribution < -0.4 is 10.6 Å². The van der Waals surface area contributed by atoms with Gasteiger partial charge in [-0.3, -0.25) is 14.5 Å². The summed E-state index contributed by atoms with van der Waals surface area (Å²) in [6, 6.07) is 16.8. The van der Waals surface area contributed by atoms with Gasteiger partial charge in [-0.25, -0.2) is 4.79 Å². The van der Waals surface area contributed by atoms with Gasteiger partial charge in [-0.1, -0.05) is 75.7 Å². The number of hydrogen-bond acceptors (Lipinski definition) is 3. The minimum atomic E-state index is -0.861. The molecule has 1 aliphatic carbocycles. The Balaban J connectivity index is 1.43. The third-order valence-corrected chi connectivity index (χ3v) is 7.69. The number of hydrogen-bond donors (Lipinski definition) is 2. The fourth-order valence-electron chi connectivity index (χ4n) is 5.13. The van der Waals surface area contributed by atoms with Gasteiger partial charge in [-0.2, -0.15) is 0 Å². The summed E-state index contributed by atoms with van der Waals surface area (Å²) in [5, 5.41) is 5.81. The van der Waals surface area contributed by atoms with Crippen LogP contribution in [-0.4, -0.2) is 34.8 Å². The molecule has 1 heterocycles. The lowest BCUT2D eigenvalue weighted by Crippen LogP contribution is -2.51. The molecule has 0 radical (unpaired) electrons. The quantitative estimate of drug-likeness (QED) is 0.597. The van der Waals surface area contributed by atoms with Crippen LogP contribution in [0, 0.1) is 11.3 Å². The van der Waals surface area contributed by atoms with Crippen molar-refractivity contribution in [2.24, 2.45) is 11.3 Å². The van der Waals surface area contributed by atoms with Crippen molar-refractivity contribution in [2.45, 2.75) is 58.4 Å². The lowest BCUT2D eigenvalue weighted by atomic mass is 9.65. The summed E-state index contributed by atoms with van der Waals surface area (Å²) in [4.78, 5) is 39.9. The fraction of sp³-hybridized carbons (Fsp3) is 0.444. The van der Waals surface area contributed by atoms with Crippen molar-refractivity contribution in [2.75, 3.05) is 11.9 Å². The molecule has 2 aromatic rings. The second-order valence-electron chi connectivity index (χ2n) is 9.98. The number of imide groups is 1. The van der Waals surface area contributed by atoms with Gasteiger partial charge in [0.25, 0.3) is 5.91 Å². The van der Waals surface area contributed by atoms with E-state index in [0.717, 1.165) is 35.3 Å². The normalized spacial score (nSPS) is 23.0. The second kappa shape index (κ2) is 9.00. The van der Waals surface area contributed by atoms with Crippen LogP contribution in [0.25, 0.3) is 11.1 Å². The zero-order valence-corrected chi connectivity index (χ0v) is 19.7. The van der Waals surface area contributed by atoms with E-state index < -0.39 is 11.6 Å². The first kappa shape index (κ1) is 23.0. The van der Waals surface area contributed by atoms with E-state index in [2.05, 4.69) is 31.4 Å². The monoisotopic (exact) mass is 447 g/mol. The van der Waals surface area contributed by atoms with Crippen molar-refractivity contribution in [3.8, 4) is 11.1 Å². The number of rotatable bonds is 6. The smallest absolute Gasteiger partial charge is 0.324 e. The molecule has 1 saturated heterocycles. The molecule has 2 fully saturated rings. The zero-order chi connectivity index (χ0) is 23.6. The minimum absolute atomic E-state index is 0.221. The van der Waals surface area contributed by atoms with E-state index in [4.69, 9.17) is 0 Å². The number of anilines is 1. The summed E-state index contributed by atoms with van der Waals surface area (Å²) < 4.78 is 0. The van der Waals surface area contributed by atoms with Gasteiger partial charge in [-0.15, -0.1) is 0 Å². The second-order valence-corrected chi connectivity index (χ2v) is 9.98. The van der Waals surface area contributed by atoms with Crippen LogP contribution in [0.15, 0.2) is 54.6 Å². The average molecular weight is 448 g/mol. The Morgan fingerprint density at radius 1 is 1.06 bits per heavy atom. The predicted octanol–water partition coefficient (Wildman–Crippen LogP) is 5.21. The molecule has 2 N–H and O–H groups in total. The van der Waals surface area contributed by atoms with Gasteiger partial charge >= 0.3 is 6.03 Å². The Hall–Kier alpha value is -3.15. The van der Waals surface area contributed by atoms with E-state index in [-0.39, 0.29) is 23.8 Å². The van der Waals surface area contributed by atoms with Gasteiger partial charge < -0.3 is 10.6 Å². The van der Waals surface area contributed by atoms with Gasteiger partial charge in [0.1, 0.15) is 12.1 Å². The highest BCUT2D eigenvalue weighted by Crippen LogP contribution is 2.45. The molecular weight excluding hydrogens is 414 g/mol. The third kappa shape index (κ3) is 4.52. The maximum atomic E-state index is 13.3. The summed E-state index contributed by atoms with van der Waals surface area (Å²) in [6.07, 6.45) is 4.14. The molecule has 4 rings (SSSR count). The van der Waals surface area contributed by atoms with Gasteiger partial charge in [0.2, 0.25) is 5.91 Å². The van der Waals surface area contributed by atoms with Crippen molar-refractivity contribution in [3.05, 3.63) is 54.6 Å². The van der Waals surface area contributed by atoms with Gasteiger partial charge in [0.15, 0.2) is 0 Å². The summed E-state index contributed by atoms with van der Waals surface area (Å²) in [7, 11) is 0. The topological polar surface area (TPSA) is 78.5 Å². The minimum Gasteiger partial charge on any atom is -0.324 e. The number of nitrogens with one attached hydrogen (secondary N) is 2. The van der Waals surface area contributed by atoms with Crippen LogP contribution in [0.5, 0.6) is 0 Å². The molecule has 2 aromatic carbocycles. The lowest BCUT2D eigenvalue weighted by molar-refractivity contribution is -0.135. The van der Waals surface area contributed by atoms with Crippen LogP contribution >= 0.6 is 0 Å². The molecule has 0 unspecified atom stereocenters. The standard InChI is InChI=1S/C27H33N3O3/c1-4-26(2,3)20-14-16-27(17-15-20)24(32)30(25(33)29-27)18-23(31)28-22-13-9-8-12-21(22)19-10-6-5-7-11-19/h5-13,20H,4,14-18H2,1-3H3,(H,28,31)(H,29,33). The highest BCUT2D eigenvalue weighted by atomic mass is 16.2. The van der Waals surface area contributed by atoms with E-state index in [9.17, 15) is 14.4 Å². The van der Waals surface area contributed by atoms with Crippen molar-refractivity contribution in [1.82, 2.24) is 10.2 Å². The van der Waals surface area contributed by atoms with E-state index in [1.165, 1.54) is 0 Å². The molecule has 0 atom stereocenters. The van der Waals surface area contributed by atoms with Gasteiger partial charge in [-0.05, 0) is 48.6 Å². The number of nitrogens with zero attached hydrogens (tertiary/aromatic N) is 1. The molecule has 6 nitrogen and oxygen atoms in total. The Morgan fingerprint density at radius 2 is 1.70 bits per heavy atom. The van der Waals surface area contributed by atoms with Crippen LogP contribution in [0.1, 0.15) is 52.9 Å². The molecule has 1 saturated carbocycles. The SMILES string of the molecule is CCC(C)(C)C1CCC2(CC1)NC(=O)N(CC(=O)Nc1ccccc1-c1ccccc1)C2=O. The fourth-order valence-corrected chi connectivity index (χ4v) is 5.13. The number of para-hydroxylation sites is 1. The van der Waals surface area contributed by atoms with Gasteiger partial charge in [0, 0.05) is 11.3 Å². The van der Waals surface area contributed by atoms with E-state index in [1.54, 1.807) is 0 Å². The highest BCUT2D eigenvalue weighted by Gasteiger charge is 2.53. The highest BCUT2D eigenvalue weighted by molar-refractivity contribution is 6.10. The molecule has 2 aliphatic rings. The van der Waals surface area contributed by atoms with Crippen LogP contribution in [0.4, 0.5) is 10.5 Å². The van der Waals surface area contributed by atoms with E-state index in [1.807, 2.05) is 54.6 Å². The predicted molar refractivity (Wildman–Crippen MR) is 130 cm³/mol. The Kier molecular flexibility index (Phi) is 6.28. The molecule has 0 aromatic heterocycles. The van der Waals surface area contributed by atoms with Crippen molar-refractivity contribution < 1.29 is 14.4 Å². The number of amides is 4. The first-order chi connectivity index (χ1) is 15.8. The van der Waals surface area contributed by atoms with Crippen molar-refractivity contribution in [1.29, 1.82) is 0 Å². The zero-order valence-electron chi connectivity index (χ0n) is 19.7. The summed E-state index contributed by atoms with van der Waals surface area (Å²) >= 11 is 0. The Labute approximate surface area is 195 Å². The summed E-state index contributed by atoms with van der Waals surface area (Å²) in [5.41, 5.74) is 1.88. The average Bonchev–Trinajstić information content (AvgIpc) is 3.04. The largest absolute Gasteiger partial charge is 0.325 e. The molecule has 33 heavy (non-hydrogen) atoms. The number of urea groups is 1. The molecule has 1 aliphatic heterocycles. The third-order valence-electron chi connectivity index (χ3n) is 7.69. The van der Waals surface area contributed by atoms with Gasteiger partial charge in [0.05, 0.1) is 0 Å². The maximum absolute atomic E-state index is 13.3. The van der Waals surface area contributed by atoms with E-state index in [0.29, 0.717) is 24.4 Å². The number of benzene rings is 2. The lowest BCUT2D eigenvalue weighted by Gasteiger charge is -2.42. The molecule has 0 bridgehead atoms. The van der Waals surface area contributed by atoms with Crippen LogP contribution in [0.2, 0.25) is 0 Å². The number of carbonyl (C=O) groups is 3. The first-order valence-electron chi connectivity index (χ1n) is 11.8. The number of carbonyl (C=O) groups excluding carboxylic acids is 3. The first-order valence-corrected chi connectivity index (χ1v) is 11.8. The maximum Gasteiger partial charge on any atom is 0.325 e.